The Hall–Kier alpha value is -3.46. The average molecular weight is 323 g/mol. The summed E-state index contributed by atoms with van der Waals surface area (Å²) in [5, 5.41) is 2.33. The van der Waals surface area contributed by atoms with Crippen LogP contribution in [0.1, 0.15) is 0 Å². The lowest BCUT2D eigenvalue weighted by Gasteiger charge is -2.11. The van der Waals surface area contributed by atoms with Crippen molar-refractivity contribution in [2.24, 2.45) is 0 Å². The summed E-state index contributed by atoms with van der Waals surface area (Å²) in [5.41, 5.74) is 3.61. The third-order valence-electron chi connectivity index (χ3n) is 4.50. The van der Waals surface area contributed by atoms with E-state index < -0.39 is 0 Å². The van der Waals surface area contributed by atoms with Gasteiger partial charge >= 0.3 is 5.63 Å². The van der Waals surface area contributed by atoms with Crippen LogP contribution in [0.2, 0.25) is 0 Å². The maximum atomic E-state index is 12.8. The second-order valence-corrected chi connectivity index (χ2v) is 5.98. The summed E-state index contributed by atoms with van der Waals surface area (Å²) in [5.74, 6) is 0. The molecule has 5 aromatic rings. The molecule has 5 rings (SSSR count). The Morgan fingerprint density at radius 1 is 0.720 bits per heavy atom. The average Bonchev–Trinajstić information content (AvgIpc) is 2.67. The third-order valence-corrected chi connectivity index (χ3v) is 4.50. The molecule has 0 fully saturated rings. The lowest BCUT2D eigenvalue weighted by molar-refractivity contribution is 0.569. The molecule has 3 nitrogen and oxygen atoms in total. The van der Waals surface area contributed by atoms with Crippen LogP contribution in [-0.4, -0.2) is 4.98 Å². The predicted octanol–water partition coefficient (Wildman–Crippen LogP) is 5.16. The maximum absolute atomic E-state index is 12.8. The van der Waals surface area contributed by atoms with Gasteiger partial charge in [0.15, 0.2) is 0 Å². The summed E-state index contributed by atoms with van der Waals surface area (Å²) in [7, 11) is 0. The summed E-state index contributed by atoms with van der Waals surface area (Å²) in [6.07, 6.45) is 0. The van der Waals surface area contributed by atoms with Gasteiger partial charge in [0.05, 0.1) is 16.4 Å². The highest BCUT2D eigenvalue weighted by molar-refractivity contribution is 6.15. The number of nitrogens with zero attached hydrogens (tertiary/aromatic N) is 1. The quantitative estimate of drug-likeness (QED) is 0.243. The fourth-order valence-electron chi connectivity index (χ4n) is 3.41. The number of fused-ring (bicyclic) bond motifs is 4. The lowest BCUT2D eigenvalue weighted by Crippen LogP contribution is -2.04. The molecule has 2 aromatic heterocycles. The standard InChI is InChI=1S/C22H13NO2/c24-22-20-19(14-8-2-1-3-9-14)15-10-4-6-12-17(15)23-21(20)16-11-5-7-13-18(16)25-22/h1-13H. The number of aromatic nitrogens is 1. The number of hydrogen-bond acceptors (Lipinski definition) is 3. The largest absolute Gasteiger partial charge is 0.422 e. The van der Waals surface area contributed by atoms with E-state index in [-0.39, 0.29) is 5.63 Å². The second kappa shape index (κ2) is 5.28. The van der Waals surface area contributed by atoms with Crippen molar-refractivity contribution in [3.8, 4) is 11.1 Å². The second-order valence-electron chi connectivity index (χ2n) is 5.98. The molecule has 0 spiro atoms. The van der Waals surface area contributed by atoms with Gasteiger partial charge in [-0.05, 0) is 23.8 Å². The van der Waals surface area contributed by atoms with Gasteiger partial charge in [0.2, 0.25) is 0 Å². The molecule has 0 unspecified atom stereocenters. The molecule has 0 aliphatic heterocycles. The zero-order valence-corrected chi connectivity index (χ0v) is 13.3. The Bertz CT molecular complexity index is 1300. The normalized spacial score (nSPS) is 11.4. The van der Waals surface area contributed by atoms with Crippen molar-refractivity contribution >= 4 is 32.8 Å². The van der Waals surface area contributed by atoms with E-state index in [1.54, 1.807) is 6.07 Å². The number of benzene rings is 3. The third kappa shape index (κ3) is 2.06. The minimum Gasteiger partial charge on any atom is -0.422 e. The molecule has 0 aliphatic rings. The zero-order valence-electron chi connectivity index (χ0n) is 13.3. The molecule has 0 radical (unpaired) electrons. The van der Waals surface area contributed by atoms with Crippen LogP contribution in [0.5, 0.6) is 0 Å². The van der Waals surface area contributed by atoms with Gasteiger partial charge in [0, 0.05) is 16.3 Å². The molecular weight excluding hydrogens is 310 g/mol. The van der Waals surface area contributed by atoms with Crippen LogP contribution in [0, 0.1) is 0 Å². The molecule has 2 heterocycles. The van der Waals surface area contributed by atoms with Crippen molar-refractivity contribution in [1.29, 1.82) is 0 Å². The van der Waals surface area contributed by atoms with Crippen LogP contribution in [-0.2, 0) is 0 Å². The van der Waals surface area contributed by atoms with E-state index in [1.165, 1.54) is 0 Å². The molecule has 0 bridgehead atoms. The Kier molecular flexibility index (Phi) is 2.94. The van der Waals surface area contributed by atoms with Gasteiger partial charge < -0.3 is 4.42 Å². The molecule has 0 aliphatic carbocycles. The number of hydrogen-bond donors (Lipinski definition) is 0. The molecular formula is C22H13NO2. The summed E-state index contributed by atoms with van der Waals surface area (Å²) in [4.78, 5) is 17.6. The number of pyridine rings is 1. The van der Waals surface area contributed by atoms with Gasteiger partial charge in [-0.1, -0.05) is 60.7 Å². The van der Waals surface area contributed by atoms with Crippen LogP contribution in [0.4, 0.5) is 0 Å². The zero-order chi connectivity index (χ0) is 16.8. The highest BCUT2D eigenvalue weighted by Gasteiger charge is 2.17. The van der Waals surface area contributed by atoms with Crippen molar-refractivity contribution < 1.29 is 4.42 Å². The summed E-state index contributed by atoms with van der Waals surface area (Å²) in [6, 6.07) is 25.4. The van der Waals surface area contributed by atoms with Crippen molar-refractivity contribution in [1.82, 2.24) is 4.98 Å². The first-order valence-electron chi connectivity index (χ1n) is 8.12. The van der Waals surface area contributed by atoms with E-state index in [1.807, 2.05) is 72.8 Å². The molecule has 25 heavy (non-hydrogen) atoms. The van der Waals surface area contributed by atoms with Crippen LogP contribution >= 0.6 is 0 Å². The molecule has 0 amide bonds. The monoisotopic (exact) mass is 323 g/mol. The van der Waals surface area contributed by atoms with Gasteiger partial charge in [0.1, 0.15) is 5.58 Å². The van der Waals surface area contributed by atoms with Crippen LogP contribution < -0.4 is 5.63 Å². The Morgan fingerprint density at radius 3 is 2.24 bits per heavy atom. The molecule has 0 saturated carbocycles. The van der Waals surface area contributed by atoms with E-state index in [0.29, 0.717) is 16.5 Å². The molecule has 118 valence electrons. The maximum Gasteiger partial charge on any atom is 0.346 e. The lowest BCUT2D eigenvalue weighted by atomic mass is 9.96. The fourth-order valence-corrected chi connectivity index (χ4v) is 3.41. The topological polar surface area (TPSA) is 43.1 Å². The molecule has 0 N–H and O–H groups in total. The van der Waals surface area contributed by atoms with Crippen molar-refractivity contribution in [3.63, 3.8) is 0 Å². The predicted molar refractivity (Wildman–Crippen MR) is 101 cm³/mol. The van der Waals surface area contributed by atoms with Crippen LogP contribution in [0.3, 0.4) is 0 Å². The summed E-state index contributed by atoms with van der Waals surface area (Å²) < 4.78 is 5.59. The molecule has 0 atom stereocenters. The van der Waals surface area contributed by atoms with Gasteiger partial charge in [-0.25, -0.2) is 9.78 Å². The first kappa shape index (κ1) is 13.9. The van der Waals surface area contributed by atoms with Crippen molar-refractivity contribution in [3.05, 3.63) is 89.3 Å². The Labute approximate surface area is 143 Å². The number of rotatable bonds is 1. The van der Waals surface area contributed by atoms with E-state index >= 15 is 0 Å². The van der Waals surface area contributed by atoms with E-state index in [9.17, 15) is 4.79 Å². The fraction of sp³-hybridized carbons (Fsp3) is 0. The molecule has 3 heteroatoms. The Morgan fingerprint density at radius 2 is 1.40 bits per heavy atom. The summed E-state index contributed by atoms with van der Waals surface area (Å²) >= 11 is 0. The van der Waals surface area contributed by atoms with Gasteiger partial charge in [-0.15, -0.1) is 0 Å². The minimum atomic E-state index is -0.356. The van der Waals surface area contributed by atoms with E-state index in [0.717, 1.165) is 27.4 Å². The number of para-hydroxylation sites is 2. The van der Waals surface area contributed by atoms with E-state index in [4.69, 9.17) is 9.40 Å². The smallest absolute Gasteiger partial charge is 0.346 e. The first-order chi connectivity index (χ1) is 12.3. The van der Waals surface area contributed by atoms with E-state index in [2.05, 4.69) is 0 Å². The van der Waals surface area contributed by atoms with Crippen LogP contribution in [0.25, 0.3) is 43.9 Å². The highest BCUT2D eigenvalue weighted by atomic mass is 16.4. The minimum absolute atomic E-state index is 0.356. The molecule has 3 aromatic carbocycles. The van der Waals surface area contributed by atoms with Gasteiger partial charge in [-0.2, -0.15) is 0 Å². The first-order valence-corrected chi connectivity index (χ1v) is 8.12. The van der Waals surface area contributed by atoms with Crippen LogP contribution in [0.15, 0.2) is 88.1 Å². The highest BCUT2D eigenvalue weighted by Crippen LogP contribution is 2.35. The van der Waals surface area contributed by atoms with Gasteiger partial charge in [-0.3, -0.25) is 0 Å². The van der Waals surface area contributed by atoms with Crippen molar-refractivity contribution in [2.75, 3.05) is 0 Å². The summed E-state index contributed by atoms with van der Waals surface area (Å²) in [6.45, 7) is 0. The Balaban J connectivity index is 2.12. The SMILES string of the molecule is O=c1oc2ccccc2c2nc3ccccc3c(-c3ccccc3)c12. The van der Waals surface area contributed by atoms with Gasteiger partial charge in [0.25, 0.3) is 0 Å². The van der Waals surface area contributed by atoms with Crippen molar-refractivity contribution in [2.45, 2.75) is 0 Å². The molecule has 0 saturated heterocycles.